The smallest absolute Gasteiger partial charge is 0.255 e. The minimum absolute atomic E-state index is 0.0420. The standard InChI is InChI=1S/C29H34F2N8O/c1-16(2)39-19(5)34-27-22(30)12-20(13-24(27)39)26-23(31)14-32-29(36-26)35-25-9-8-21(18(4)33-25)28(40)38-11-7-10-37(6)17(3)15-38/h8-9,12-14,16-17H,7,10-11,15H2,1-6H3,(H,32,33,35,36). The van der Waals surface area contributed by atoms with Crippen LogP contribution in [-0.4, -0.2) is 72.9 Å². The molecule has 4 aromatic rings. The molecule has 1 aliphatic rings. The number of imidazole rings is 1. The molecule has 1 N–H and O–H groups in total. The van der Waals surface area contributed by atoms with Crippen molar-refractivity contribution in [2.75, 3.05) is 32.0 Å². The summed E-state index contributed by atoms with van der Waals surface area (Å²) in [4.78, 5) is 34.7. The van der Waals surface area contributed by atoms with Crippen LogP contribution in [0.1, 0.15) is 55.1 Å². The van der Waals surface area contributed by atoms with E-state index in [0.29, 0.717) is 41.5 Å². The van der Waals surface area contributed by atoms with Gasteiger partial charge in [-0.1, -0.05) is 0 Å². The molecule has 1 amide bonds. The summed E-state index contributed by atoms with van der Waals surface area (Å²) in [5.74, 6) is -0.101. The number of fused-ring (bicyclic) bond motifs is 1. The lowest BCUT2D eigenvalue weighted by Crippen LogP contribution is -2.39. The molecule has 1 saturated heterocycles. The van der Waals surface area contributed by atoms with E-state index >= 15 is 4.39 Å². The van der Waals surface area contributed by atoms with E-state index in [2.05, 4.69) is 44.1 Å². The highest BCUT2D eigenvalue weighted by molar-refractivity contribution is 5.95. The second-order valence-corrected chi connectivity index (χ2v) is 10.7. The summed E-state index contributed by atoms with van der Waals surface area (Å²) in [6.45, 7) is 12.0. The number of hydrogen-bond acceptors (Lipinski definition) is 7. The van der Waals surface area contributed by atoms with E-state index in [1.54, 1.807) is 25.1 Å². The molecule has 1 atom stereocenters. The topological polar surface area (TPSA) is 92.1 Å². The molecule has 0 spiro atoms. The Hall–Kier alpha value is -3.99. The first-order chi connectivity index (χ1) is 19.0. The van der Waals surface area contributed by atoms with Gasteiger partial charge in [-0.25, -0.2) is 28.7 Å². The van der Waals surface area contributed by atoms with Crippen molar-refractivity contribution in [2.45, 2.75) is 53.1 Å². The number of hydrogen-bond donors (Lipinski definition) is 1. The average molecular weight is 549 g/mol. The Morgan fingerprint density at radius 2 is 1.85 bits per heavy atom. The zero-order valence-electron chi connectivity index (χ0n) is 23.7. The number of rotatable bonds is 5. The van der Waals surface area contributed by atoms with Gasteiger partial charge >= 0.3 is 0 Å². The second kappa shape index (κ2) is 10.9. The molecule has 1 aliphatic heterocycles. The number of likely N-dealkylation sites (N-methyl/N-ethyl adjacent to an activating group) is 1. The summed E-state index contributed by atoms with van der Waals surface area (Å²) in [5, 5.41) is 2.99. The summed E-state index contributed by atoms with van der Waals surface area (Å²) < 4.78 is 31.8. The third-order valence-electron chi connectivity index (χ3n) is 7.48. The zero-order valence-corrected chi connectivity index (χ0v) is 23.7. The fourth-order valence-corrected chi connectivity index (χ4v) is 5.29. The number of aryl methyl sites for hydroxylation is 2. The first-order valence-corrected chi connectivity index (χ1v) is 13.5. The maximum Gasteiger partial charge on any atom is 0.255 e. The number of halogens is 2. The minimum Gasteiger partial charge on any atom is -0.337 e. The van der Waals surface area contributed by atoms with Crippen molar-refractivity contribution in [3.8, 4) is 11.3 Å². The number of amides is 1. The van der Waals surface area contributed by atoms with Crippen LogP contribution in [0.5, 0.6) is 0 Å². The zero-order chi connectivity index (χ0) is 28.7. The third kappa shape index (κ3) is 5.25. The van der Waals surface area contributed by atoms with Crippen LogP contribution < -0.4 is 5.32 Å². The lowest BCUT2D eigenvalue weighted by atomic mass is 10.1. The van der Waals surface area contributed by atoms with Gasteiger partial charge in [0, 0.05) is 30.7 Å². The largest absolute Gasteiger partial charge is 0.337 e. The average Bonchev–Trinajstić information content (AvgIpc) is 3.15. The number of pyridine rings is 1. The van der Waals surface area contributed by atoms with E-state index in [4.69, 9.17) is 0 Å². The van der Waals surface area contributed by atoms with Crippen molar-refractivity contribution in [3.05, 3.63) is 59.2 Å². The number of aromatic nitrogens is 5. The summed E-state index contributed by atoms with van der Waals surface area (Å²) in [6, 6.07) is 6.65. The summed E-state index contributed by atoms with van der Waals surface area (Å²) in [6.07, 6.45) is 1.96. The van der Waals surface area contributed by atoms with Crippen LogP contribution in [0.2, 0.25) is 0 Å². The van der Waals surface area contributed by atoms with Crippen LogP contribution in [0.15, 0.2) is 30.5 Å². The van der Waals surface area contributed by atoms with Gasteiger partial charge in [-0.05, 0) is 78.9 Å². The maximum absolute atomic E-state index is 15.0. The molecule has 9 nitrogen and oxygen atoms in total. The fourth-order valence-electron chi connectivity index (χ4n) is 5.29. The Morgan fingerprint density at radius 1 is 1.07 bits per heavy atom. The highest BCUT2D eigenvalue weighted by Crippen LogP contribution is 2.30. The summed E-state index contributed by atoms with van der Waals surface area (Å²) in [7, 11) is 2.07. The molecular weight excluding hydrogens is 514 g/mol. The van der Waals surface area contributed by atoms with E-state index in [1.807, 2.05) is 30.2 Å². The van der Waals surface area contributed by atoms with E-state index in [1.165, 1.54) is 6.07 Å². The van der Waals surface area contributed by atoms with E-state index in [-0.39, 0.29) is 40.7 Å². The molecule has 5 rings (SSSR count). The first kappa shape index (κ1) is 27.6. The Labute approximate surface area is 232 Å². The maximum atomic E-state index is 15.0. The monoisotopic (exact) mass is 548 g/mol. The summed E-state index contributed by atoms with van der Waals surface area (Å²) >= 11 is 0. The van der Waals surface area contributed by atoms with E-state index in [9.17, 15) is 9.18 Å². The van der Waals surface area contributed by atoms with Crippen molar-refractivity contribution in [2.24, 2.45) is 0 Å². The minimum atomic E-state index is -0.681. The predicted molar refractivity (Wildman–Crippen MR) is 151 cm³/mol. The molecule has 40 heavy (non-hydrogen) atoms. The number of carbonyl (C=O) groups excluding carboxylic acids is 1. The second-order valence-electron chi connectivity index (χ2n) is 10.7. The van der Waals surface area contributed by atoms with Gasteiger partial charge in [0.05, 0.1) is 23.0 Å². The number of anilines is 2. The molecular formula is C29H34F2N8O. The lowest BCUT2D eigenvalue weighted by Gasteiger charge is -2.26. The Morgan fingerprint density at radius 3 is 2.58 bits per heavy atom. The van der Waals surface area contributed by atoms with Gasteiger partial charge in [-0.15, -0.1) is 0 Å². The van der Waals surface area contributed by atoms with Crippen LogP contribution in [0.25, 0.3) is 22.3 Å². The molecule has 1 aromatic carbocycles. The number of carbonyl (C=O) groups is 1. The SMILES string of the molecule is Cc1nc(Nc2ncc(F)c(-c3cc(F)c4nc(C)n(C(C)C)c4c3)n2)ccc1C(=O)N1CCCN(C)C(C)C1. The molecule has 3 aromatic heterocycles. The molecule has 0 radical (unpaired) electrons. The van der Waals surface area contributed by atoms with Crippen LogP contribution in [0.3, 0.4) is 0 Å². The fraction of sp³-hybridized carbons (Fsp3) is 0.414. The molecule has 0 saturated carbocycles. The number of nitrogens with zero attached hydrogens (tertiary/aromatic N) is 7. The van der Waals surface area contributed by atoms with Gasteiger partial charge in [-0.3, -0.25) is 4.79 Å². The van der Waals surface area contributed by atoms with Gasteiger partial charge in [0.25, 0.3) is 5.91 Å². The van der Waals surface area contributed by atoms with Crippen molar-refractivity contribution < 1.29 is 13.6 Å². The van der Waals surface area contributed by atoms with Crippen molar-refractivity contribution in [1.29, 1.82) is 0 Å². The van der Waals surface area contributed by atoms with Gasteiger partial charge < -0.3 is 19.7 Å². The van der Waals surface area contributed by atoms with Crippen molar-refractivity contribution >= 4 is 28.7 Å². The van der Waals surface area contributed by atoms with Gasteiger partial charge in [0.2, 0.25) is 5.95 Å². The number of nitrogens with one attached hydrogen (secondary N) is 1. The van der Waals surface area contributed by atoms with Crippen LogP contribution in [0.4, 0.5) is 20.5 Å². The normalized spacial score (nSPS) is 16.5. The van der Waals surface area contributed by atoms with Crippen molar-refractivity contribution in [3.63, 3.8) is 0 Å². The lowest BCUT2D eigenvalue weighted by molar-refractivity contribution is 0.0742. The number of benzene rings is 1. The first-order valence-electron chi connectivity index (χ1n) is 13.5. The van der Waals surface area contributed by atoms with E-state index < -0.39 is 11.6 Å². The van der Waals surface area contributed by atoms with Crippen LogP contribution in [-0.2, 0) is 0 Å². The predicted octanol–water partition coefficient (Wildman–Crippen LogP) is 5.27. The van der Waals surface area contributed by atoms with Crippen LogP contribution in [0, 0.1) is 25.5 Å². The highest BCUT2D eigenvalue weighted by Gasteiger charge is 2.25. The molecule has 11 heteroatoms. The highest BCUT2D eigenvalue weighted by atomic mass is 19.1. The van der Waals surface area contributed by atoms with Gasteiger partial charge in [0.1, 0.15) is 22.9 Å². The quantitative estimate of drug-likeness (QED) is 0.363. The van der Waals surface area contributed by atoms with Gasteiger partial charge in [0.15, 0.2) is 11.6 Å². The molecule has 0 bridgehead atoms. The summed E-state index contributed by atoms with van der Waals surface area (Å²) in [5.41, 5.74) is 2.13. The Balaban J connectivity index is 1.41. The molecule has 1 unspecified atom stereocenters. The van der Waals surface area contributed by atoms with Crippen LogP contribution >= 0.6 is 0 Å². The third-order valence-corrected chi connectivity index (χ3v) is 7.48. The Kier molecular flexibility index (Phi) is 7.50. The molecule has 4 heterocycles. The van der Waals surface area contributed by atoms with Crippen molar-refractivity contribution in [1.82, 2.24) is 34.3 Å². The van der Waals surface area contributed by atoms with E-state index in [0.717, 1.165) is 19.2 Å². The van der Waals surface area contributed by atoms with Gasteiger partial charge in [-0.2, -0.15) is 0 Å². The molecule has 210 valence electrons. The molecule has 0 aliphatic carbocycles. The molecule has 1 fully saturated rings. The Bertz CT molecular complexity index is 1580.